The number of methoxy groups -OCH3 is 2. The molecule has 0 aliphatic carbocycles. The molecule has 7 nitrogen and oxygen atoms in total. The number of ether oxygens (including phenoxy) is 2. The van der Waals surface area contributed by atoms with Crippen LogP contribution in [0.3, 0.4) is 0 Å². The van der Waals surface area contributed by atoms with E-state index in [4.69, 9.17) is 9.47 Å². The molecule has 0 bridgehead atoms. The summed E-state index contributed by atoms with van der Waals surface area (Å²) < 4.78 is 38.0. The van der Waals surface area contributed by atoms with Crippen molar-refractivity contribution < 1.29 is 22.7 Å². The van der Waals surface area contributed by atoms with Crippen molar-refractivity contribution in [2.24, 2.45) is 5.92 Å². The highest BCUT2D eigenvalue weighted by atomic mass is 32.2. The van der Waals surface area contributed by atoms with Crippen molar-refractivity contribution >= 4 is 15.9 Å². The molecule has 0 saturated carbocycles. The molecule has 0 spiro atoms. The van der Waals surface area contributed by atoms with E-state index in [2.05, 4.69) is 0 Å². The van der Waals surface area contributed by atoms with Gasteiger partial charge in [0.15, 0.2) is 11.5 Å². The number of carbonyl (C=O) groups excluding carboxylic acids is 1. The number of sulfonamides is 1. The Morgan fingerprint density at radius 1 is 1.03 bits per heavy atom. The molecule has 0 unspecified atom stereocenters. The first-order valence-electron chi connectivity index (χ1n) is 10.9. The third kappa shape index (κ3) is 5.24. The smallest absolute Gasteiger partial charge is 0.243 e. The van der Waals surface area contributed by atoms with Crippen LogP contribution < -0.4 is 9.47 Å². The van der Waals surface area contributed by atoms with E-state index in [-0.39, 0.29) is 11.8 Å². The maximum absolute atomic E-state index is 13.2. The zero-order chi connectivity index (χ0) is 23.3. The van der Waals surface area contributed by atoms with E-state index >= 15 is 0 Å². The van der Waals surface area contributed by atoms with E-state index in [1.807, 2.05) is 36.9 Å². The predicted molar refractivity (Wildman–Crippen MR) is 123 cm³/mol. The molecule has 1 fully saturated rings. The molecule has 174 valence electrons. The molecular formula is C24H32N2O5S. The normalized spacial score (nSPS) is 15.4. The highest BCUT2D eigenvalue weighted by Crippen LogP contribution is 2.29. The van der Waals surface area contributed by atoms with Crippen molar-refractivity contribution in [2.45, 2.75) is 38.1 Å². The lowest BCUT2D eigenvalue weighted by molar-refractivity contribution is -0.137. The minimum absolute atomic E-state index is 0.0645. The number of hydrogen-bond acceptors (Lipinski definition) is 5. The second-order valence-electron chi connectivity index (χ2n) is 8.03. The van der Waals surface area contributed by atoms with Crippen molar-refractivity contribution in [1.82, 2.24) is 9.21 Å². The lowest BCUT2D eigenvalue weighted by Gasteiger charge is -2.33. The first kappa shape index (κ1) is 24.1. The summed E-state index contributed by atoms with van der Waals surface area (Å²) in [6.45, 7) is 5.62. The molecule has 1 aliphatic heterocycles. The van der Waals surface area contributed by atoms with Crippen molar-refractivity contribution in [2.75, 3.05) is 33.9 Å². The van der Waals surface area contributed by atoms with Crippen LogP contribution in [-0.2, 0) is 21.4 Å². The molecule has 8 heteroatoms. The highest BCUT2D eigenvalue weighted by molar-refractivity contribution is 7.89. The van der Waals surface area contributed by atoms with Crippen LogP contribution in [0.4, 0.5) is 0 Å². The Morgan fingerprint density at radius 2 is 1.66 bits per heavy atom. The van der Waals surface area contributed by atoms with Gasteiger partial charge in [-0.05, 0) is 56.5 Å². The molecule has 1 amide bonds. The zero-order valence-electron chi connectivity index (χ0n) is 19.2. The fraction of sp³-hybridized carbons (Fsp3) is 0.458. The van der Waals surface area contributed by atoms with E-state index in [0.717, 1.165) is 11.1 Å². The number of carbonyl (C=O) groups is 1. The maximum Gasteiger partial charge on any atom is 0.243 e. The fourth-order valence-corrected chi connectivity index (χ4v) is 5.48. The molecule has 2 aromatic carbocycles. The van der Waals surface area contributed by atoms with Crippen LogP contribution in [0.5, 0.6) is 11.5 Å². The second-order valence-corrected chi connectivity index (χ2v) is 9.97. The Morgan fingerprint density at radius 3 is 2.22 bits per heavy atom. The number of piperidine rings is 1. The molecule has 0 aromatic heterocycles. The van der Waals surface area contributed by atoms with Gasteiger partial charge in [-0.2, -0.15) is 4.31 Å². The van der Waals surface area contributed by atoms with Gasteiger partial charge >= 0.3 is 0 Å². The molecule has 3 rings (SSSR count). The molecule has 0 radical (unpaired) electrons. The third-order valence-electron chi connectivity index (χ3n) is 5.98. The second kappa shape index (κ2) is 10.4. The van der Waals surface area contributed by atoms with Crippen molar-refractivity contribution in [3.63, 3.8) is 0 Å². The Kier molecular flexibility index (Phi) is 7.79. The Labute approximate surface area is 191 Å². The Hall–Kier alpha value is -2.58. The molecule has 1 heterocycles. The van der Waals surface area contributed by atoms with E-state index < -0.39 is 10.0 Å². The van der Waals surface area contributed by atoms with Gasteiger partial charge in [-0.25, -0.2) is 8.42 Å². The largest absolute Gasteiger partial charge is 0.493 e. The highest BCUT2D eigenvalue weighted by Gasteiger charge is 2.33. The fourth-order valence-electron chi connectivity index (χ4n) is 4.01. The number of amides is 1. The molecule has 0 N–H and O–H groups in total. The van der Waals surface area contributed by atoms with Gasteiger partial charge in [0.2, 0.25) is 15.9 Å². The standard InChI is InChI=1S/C24H32N2O5S/c1-5-25(17-19-8-11-22(30-3)23(16-19)31-4)24(27)20-12-14-26(15-13-20)32(28,29)21-9-6-18(2)7-10-21/h6-11,16,20H,5,12-15,17H2,1-4H3. The summed E-state index contributed by atoms with van der Waals surface area (Å²) in [6.07, 6.45) is 1.04. The summed E-state index contributed by atoms with van der Waals surface area (Å²) in [4.78, 5) is 15.3. The van der Waals surface area contributed by atoms with Crippen LogP contribution in [0.2, 0.25) is 0 Å². The van der Waals surface area contributed by atoms with Gasteiger partial charge in [0.05, 0.1) is 19.1 Å². The number of rotatable bonds is 8. The number of hydrogen-bond donors (Lipinski definition) is 0. The van der Waals surface area contributed by atoms with Crippen molar-refractivity contribution in [3.05, 3.63) is 53.6 Å². The Bertz CT molecular complexity index is 1030. The van der Waals surface area contributed by atoms with Gasteiger partial charge in [-0.15, -0.1) is 0 Å². The van der Waals surface area contributed by atoms with Crippen LogP contribution in [0.1, 0.15) is 30.9 Å². The summed E-state index contributed by atoms with van der Waals surface area (Å²) in [5.74, 6) is 1.16. The van der Waals surface area contributed by atoms with E-state index in [1.54, 1.807) is 38.5 Å². The summed E-state index contributed by atoms with van der Waals surface area (Å²) in [5, 5.41) is 0. The lowest BCUT2D eigenvalue weighted by atomic mass is 9.96. The van der Waals surface area contributed by atoms with Crippen molar-refractivity contribution in [1.29, 1.82) is 0 Å². The van der Waals surface area contributed by atoms with Gasteiger partial charge in [-0.1, -0.05) is 23.8 Å². The summed E-state index contributed by atoms with van der Waals surface area (Å²) in [7, 11) is -0.360. The minimum atomic E-state index is -3.53. The summed E-state index contributed by atoms with van der Waals surface area (Å²) in [5.41, 5.74) is 1.97. The predicted octanol–water partition coefficient (Wildman–Crippen LogP) is 3.46. The zero-order valence-corrected chi connectivity index (χ0v) is 20.0. The van der Waals surface area contributed by atoms with E-state index in [0.29, 0.717) is 55.4 Å². The van der Waals surface area contributed by atoms with Crippen LogP contribution >= 0.6 is 0 Å². The van der Waals surface area contributed by atoms with Crippen LogP contribution in [0.15, 0.2) is 47.4 Å². The van der Waals surface area contributed by atoms with Gasteiger partial charge < -0.3 is 14.4 Å². The number of aryl methyl sites for hydroxylation is 1. The number of nitrogens with zero attached hydrogens (tertiary/aromatic N) is 2. The van der Waals surface area contributed by atoms with Gasteiger partial charge in [-0.3, -0.25) is 4.79 Å². The van der Waals surface area contributed by atoms with E-state index in [9.17, 15) is 13.2 Å². The van der Waals surface area contributed by atoms with Crippen molar-refractivity contribution in [3.8, 4) is 11.5 Å². The van der Waals surface area contributed by atoms with E-state index in [1.165, 1.54) is 4.31 Å². The first-order chi connectivity index (χ1) is 15.3. The molecule has 0 atom stereocenters. The SMILES string of the molecule is CCN(Cc1ccc(OC)c(OC)c1)C(=O)C1CCN(S(=O)(=O)c2ccc(C)cc2)CC1. The molecule has 1 saturated heterocycles. The topological polar surface area (TPSA) is 76.2 Å². The monoisotopic (exact) mass is 460 g/mol. The Balaban J connectivity index is 1.64. The molecule has 2 aromatic rings. The molecule has 1 aliphatic rings. The van der Waals surface area contributed by atoms with Gasteiger partial charge in [0, 0.05) is 32.1 Å². The first-order valence-corrected chi connectivity index (χ1v) is 12.3. The minimum Gasteiger partial charge on any atom is -0.493 e. The lowest BCUT2D eigenvalue weighted by Crippen LogP contribution is -2.44. The summed E-state index contributed by atoms with van der Waals surface area (Å²) in [6, 6.07) is 12.5. The average molecular weight is 461 g/mol. The average Bonchev–Trinajstić information content (AvgIpc) is 2.82. The summed E-state index contributed by atoms with van der Waals surface area (Å²) >= 11 is 0. The van der Waals surface area contributed by atoms with Gasteiger partial charge in [0.1, 0.15) is 0 Å². The van der Waals surface area contributed by atoms with Crippen LogP contribution in [-0.4, -0.2) is 57.4 Å². The molecule has 32 heavy (non-hydrogen) atoms. The van der Waals surface area contributed by atoms with Gasteiger partial charge in [0.25, 0.3) is 0 Å². The third-order valence-corrected chi connectivity index (χ3v) is 7.89. The number of benzene rings is 2. The van der Waals surface area contributed by atoms with Crippen LogP contribution in [0, 0.1) is 12.8 Å². The molecular weight excluding hydrogens is 428 g/mol. The van der Waals surface area contributed by atoms with Crippen LogP contribution in [0.25, 0.3) is 0 Å². The maximum atomic E-state index is 13.2. The quantitative estimate of drug-likeness (QED) is 0.603.